The predicted molar refractivity (Wildman–Crippen MR) is 122 cm³/mol. The van der Waals surface area contributed by atoms with Gasteiger partial charge in [0.05, 0.1) is 0 Å². The monoisotopic (exact) mass is 428 g/mol. The van der Waals surface area contributed by atoms with Crippen molar-refractivity contribution in [2.24, 2.45) is 0 Å². The zero-order valence-corrected chi connectivity index (χ0v) is 18.0. The number of carbonyl (C=O) groups is 1. The largest absolute Gasteiger partial charge is 0.354 e. The fourth-order valence-corrected chi connectivity index (χ4v) is 3.60. The normalized spacial score (nSPS) is 10.8. The standard InChI is InChI=1S/C25H24N4O3/c1-17-15-18(2)29(16-21(30)26-14-13-19-9-5-3-6-10-19)25(31)22(17)24-27-23(28-32-24)20-11-7-4-8-12-20/h3-12,15H,13-14,16H2,1-2H3,(H,26,30). The molecule has 2 aromatic heterocycles. The number of pyridine rings is 1. The predicted octanol–water partition coefficient (Wildman–Crippen LogP) is 3.54. The Morgan fingerprint density at radius 3 is 2.44 bits per heavy atom. The first kappa shape index (κ1) is 21.2. The third kappa shape index (κ3) is 4.67. The summed E-state index contributed by atoms with van der Waals surface area (Å²) in [6, 6.07) is 21.2. The van der Waals surface area contributed by atoms with Crippen LogP contribution in [-0.4, -0.2) is 27.2 Å². The first-order chi connectivity index (χ1) is 15.5. The summed E-state index contributed by atoms with van der Waals surface area (Å²) >= 11 is 0. The first-order valence-corrected chi connectivity index (χ1v) is 10.4. The number of aryl methyl sites for hydroxylation is 2. The van der Waals surface area contributed by atoms with Gasteiger partial charge in [0.15, 0.2) is 0 Å². The number of hydrogen-bond acceptors (Lipinski definition) is 5. The average molecular weight is 428 g/mol. The van der Waals surface area contributed by atoms with Crippen LogP contribution in [-0.2, 0) is 17.8 Å². The highest BCUT2D eigenvalue weighted by Gasteiger charge is 2.20. The van der Waals surface area contributed by atoms with Gasteiger partial charge < -0.3 is 14.4 Å². The minimum absolute atomic E-state index is 0.0770. The van der Waals surface area contributed by atoms with Gasteiger partial charge in [-0.2, -0.15) is 4.98 Å². The van der Waals surface area contributed by atoms with Crippen molar-refractivity contribution < 1.29 is 9.32 Å². The second-order valence-electron chi connectivity index (χ2n) is 7.61. The molecule has 0 saturated carbocycles. The molecule has 32 heavy (non-hydrogen) atoms. The van der Waals surface area contributed by atoms with E-state index in [1.54, 1.807) is 6.92 Å². The molecule has 4 rings (SSSR count). The summed E-state index contributed by atoms with van der Waals surface area (Å²) in [6.45, 7) is 4.05. The number of hydrogen-bond donors (Lipinski definition) is 1. The lowest BCUT2D eigenvalue weighted by atomic mass is 10.1. The molecule has 0 atom stereocenters. The van der Waals surface area contributed by atoms with E-state index in [1.165, 1.54) is 4.57 Å². The number of aromatic nitrogens is 3. The fourth-order valence-electron chi connectivity index (χ4n) is 3.60. The number of rotatable bonds is 7. The van der Waals surface area contributed by atoms with Gasteiger partial charge in [0.25, 0.3) is 11.4 Å². The van der Waals surface area contributed by atoms with Gasteiger partial charge in [-0.1, -0.05) is 65.8 Å². The molecular weight excluding hydrogens is 404 g/mol. The molecule has 7 heteroatoms. The Bertz CT molecular complexity index is 1280. The highest BCUT2D eigenvalue weighted by Crippen LogP contribution is 2.22. The van der Waals surface area contributed by atoms with Crippen molar-refractivity contribution >= 4 is 5.91 Å². The van der Waals surface area contributed by atoms with Crippen LogP contribution in [0.25, 0.3) is 22.8 Å². The van der Waals surface area contributed by atoms with E-state index < -0.39 is 0 Å². The topological polar surface area (TPSA) is 90.0 Å². The van der Waals surface area contributed by atoms with Crippen LogP contribution in [0.4, 0.5) is 0 Å². The van der Waals surface area contributed by atoms with E-state index in [-0.39, 0.29) is 23.9 Å². The SMILES string of the molecule is Cc1cc(C)n(CC(=O)NCCc2ccccc2)c(=O)c1-c1nc(-c2ccccc2)no1. The van der Waals surface area contributed by atoms with Gasteiger partial charge in [-0.3, -0.25) is 9.59 Å². The minimum atomic E-state index is -0.330. The maximum Gasteiger partial charge on any atom is 0.264 e. The Morgan fingerprint density at radius 1 is 1.03 bits per heavy atom. The summed E-state index contributed by atoms with van der Waals surface area (Å²) < 4.78 is 6.84. The smallest absolute Gasteiger partial charge is 0.264 e. The Morgan fingerprint density at radius 2 is 1.72 bits per heavy atom. The number of nitrogens with one attached hydrogen (secondary N) is 1. The summed E-state index contributed by atoms with van der Waals surface area (Å²) in [5.41, 5.74) is 3.33. The van der Waals surface area contributed by atoms with Gasteiger partial charge in [-0.25, -0.2) is 0 Å². The zero-order chi connectivity index (χ0) is 22.5. The van der Waals surface area contributed by atoms with Crippen LogP contribution in [0.2, 0.25) is 0 Å². The highest BCUT2D eigenvalue weighted by atomic mass is 16.5. The molecule has 162 valence electrons. The lowest BCUT2D eigenvalue weighted by Crippen LogP contribution is -2.35. The quantitative estimate of drug-likeness (QED) is 0.486. The van der Waals surface area contributed by atoms with Crippen molar-refractivity contribution in [1.82, 2.24) is 20.0 Å². The van der Waals surface area contributed by atoms with Gasteiger partial charge in [0.2, 0.25) is 11.7 Å². The lowest BCUT2D eigenvalue weighted by Gasteiger charge is -2.13. The van der Waals surface area contributed by atoms with Crippen molar-refractivity contribution in [2.45, 2.75) is 26.8 Å². The van der Waals surface area contributed by atoms with Gasteiger partial charge in [0, 0.05) is 17.8 Å². The van der Waals surface area contributed by atoms with E-state index in [9.17, 15) is 9.59 Å². The van der Waals surface area contributed by atoms with E-state index >= 15 is 0 Å². The second-order valence-corrected chi connectivity index (χ2v) is 7.61. The summed E-state index contributed by atoms with van der Waals surface area (Å²) in [5, 5.41) is 6.90. The summed E-state index contributed by atoms with van der Waals surface area (Å²) in [7, 11) is 0. The molecule has 0 unspecified atom stereocenters. The number of carbonyl (C=O) groups excluding carboxylic acids is 1. The van der Waals surface area contributed by atoms with Crippen LogP contribution in [0.5, 0.6) is 0 Å². The van der Waals surface area contributed by atoms with Gasteiger partial charge in [-0.15, -0.1) is 0 Å². The van der Waals surface area contributed by atoms with Crippen molar-refractivity contribution in [2.75, 3.05) is 6.54 Å². The molecule has 0 bridgehead atoms. The van der Waals surface area contributed by atoms with Crippen LogP contribution in [0, 0.1) is 13.8 Å². The number of amides is 1. The van der Waals surface area contributed by atoms with E-state index in [4.69, 9.17) is 4.52 Å². The summed E-state index contributed by atoms with van der Waals surface area (Å²) in [4.78, 5) is 30.2. The van der Waals surface area contributed by atoms with E-state index in [1.807, 2.05) is 73.7 Å². The lowest BCUT2D eigenvalue weighted by molar-refractivity contribution is -0.121. The van der Waals surface area contributed by atoms with E-state index in [2.05, 4.69) is 15.5 Å². The molecule has 0 saturated heterocycles. The maximum absolute atomic E-state index is 13.2. The van der Waals surface area contributed by atoms with Gasteiger partial charge in [-0.05, 0) is 37.5 Å². The molecule has 2 heterocycles. The van der Waals surface area contributed by atoms with Crippen LogP contribution in [0.15, 0.2) is 76.0 Å². The third-order valence-corrected chi connectivity index (χ3v) is 5.26. The Balaban J connectivity index is 1.53. The minimum Gasteiger partial charge on any atom is -0.354 e. The Labute approximate surface area is 185 Å². The van der Waals surface area contributed by atoms with Crippen LogP contribution < -0.4 is 10.9 Å². The van der Waals surface area contributed by atoms with Gasteiger partial charge >= 0.3 is 0 Å². The van der Waals surface area contributed by atoms with E-state index in [0.29, 0.717) is 23.6 Å². The maximum atomic E-state index is 13.2. The van der Waals surface area contributed by atoms with Crippen molar-refractivity contribution in [1.29, 1.82) is 0 Å². The molecular formula is C25H24N4O3. The van der Waals surface area contributed by atoms with Crippen LogP contribution >= 0.6 is 0 Å². The molecule has 1 amide bonds. The molecule has 0 fully saturated rings. The Kier molecular flexibility index (Phi) is 6.26. The molecule has 0 aliphatic carbocycles. The highest BCUT2D eigenvalue weighted by molar-refractivity contribution is 5.76. The van der Waals surface area contributed by atoms with Crippen molar-refractivity contribution in [3.63, 3.8) is 0 Å². The molecule has 0 aliphatic rings. The number of nitrogens with zero attached hydrogens (tertiary/aromatic N) is 3. The molecule has 0 spiro atoms. The van der Waals surface area contributed by atoms with Crippen LogP contribution in [0.3, 0.4) is 0 Å². The first-order valence-electron chi connectivity index (χ1n) is 10.4. The second kappa shape index (κ2) is 9.43. The zero-order valence-electron chi connectivity index (χ0n) is 18.0. The third-order valence-electron chi connectivity index (χ3n) is 5.26. The molecule has 1 N–H and O–H groups in total. The fraction of sp³-hybridized carbons (Fsp3) is 0.200. The number of benzene rings is 2. The van der Waals surface area contributed by atoms with Gasteiger partial charge in [0.1, 0.15) is 12.1 Å². The molecule has 4 aromatic rings. The molecule has 7 nitrogen and oxygen atoms in total. The van der Waals surface area contributed by atoms with Crippen molar-refractivity contribution in [3.8, 4) is 22.8 Å². The molecule has 2 aromatic carbocycles. The van der Waals surface area contributed by atoms with E-state index in [0.717, 1.165) is 23.1 Å². The van der Waals surface area contributed by atoms with Crippen molar-refractivity contribution in [3.05, 3.63) is 93.9 Å². The summed E-state index contributed by atoms with van der Waals surface area (Å²) in [6.07, 6.45) is 0.726. The summed E-state index contributed by atoms with van der Waals surface area (Å²) in [5.74, 6) is 0.325. The van der Waals surface area contributed by atoms with Crippen LogP contribution in [0.1, 0.15) is 16.8 Å². The Hall–Kier alpha value is -4.00. The molecule has 0 radical (unpaired) electrons. The molecule has 0 aliphatic heterocycles. The average Bonchev–Trinajstić information content (AvgIpc) is 3.27.